The molecule has 2 N–H and O–H groups in total. The average molecular weight is 523 g/mol. The van der Waals surface area contributed by atoms with Crippen LogP contribution in [0.3, 0.4) is 0 Å². The normalized spacial score (nSPS) is 12.2. The summed E-state index contributed by atoms with van der Waals surface area (Å²) in [5.41, 5.74) is 2.27. The van der Waals surface area contributed by atoms with E-state index < -0.39 is 28.0 Å². The quantitative estimate of drug-likeness (QED) is 0.360. The third kappa shape index (κ3) is 5.89. The van der Waals surface area contributed by atoms with Crippen LogP contribution in [-0.2, 0) is 21.2 Å². The Labute approximate surface area is 214 Å². The van der Waals surface area contributed by atoms with Gasteiger partial charge in [0.15, 0.2) is 5.13 Å². The van der Waals surface area contributed by atoms with Crippen molar-refractivity contribution in [1.82, 2.24) is 15.0 Å². The first-order chi connectivity index (χ1) is 17.2. The van der Waals surface area contributed by atoms with Gasteiger partial charge in [-0.05, 0) is 49.1 Å². The predicted octanol–water partition coefficient (Wildman–Crippen LogP) is 4.26. The molecule has 36 heavy (non-hydrogen) atoms. The fourth-order valence-corrected chi connectivity index (χ4v) is 5.86. The van der Waals surface area contributed by atoms with Crippen LogP contribution in [-0.4, -0.2) is 38.4 Å². The molecule has 3 aromatic carbocycles. The summed E-state index contributed by atoms with van der Waals surface area (Å²) in [5, 5.41) is 3.06. The Kier molecular flexibility index (Phi) is 7.66. The number of thiazole rings is 1. The van der Waals surface area contributed by atoms with Crippen molar-refractivity contribution < 1.29 is 18.0 Å². The third-order valence-corrected chi connectivity index (χ3v) is 8.28. The molecule has 0 unspecified atom stereocenters. The summed E-state index contributed by atoms with van der Waals surface area (Å²) in [6.07, 6.45) is 0.783. The third-order valence-electron chi connectivity index (χ3n) is 5.68. The second kappa shape index (κ2) is 10.9. The van der Waals surface area contributed by atoms with Crippen LogP contribution < -0.4 is 14.9 Å². The first-order valence-corrected chi connectivity index (χ1v) is 13.6. The Hall–Kier alpha value is -3.76. The minimum absolute atomic E-state index is 0.00101. The molecule has 0 bridgehead atoms. The van der Waals surface area contributed by atoms with Gasteiger partial charge in [-0.15, -0.1) is 0 Å². The van der Waals surface area contributed by atoms with Crippen LogP contribution >= 0.6 is 11.3 Å². The maximum absolute atomic E-state index is 13.5. The smallest absolute Gasteiger partial charge is 0.325 e. The number of aromatic nitrogens is 1. The summed E-state index contributed by atoms with van der Waals surface area (Å²) in [5.74, 6) is -0.395. The first kappa shape index (κ1) is 25.3. The zero-order chi connectivity index (χ0) is 25.7. The van der Waals surface area contributed by atoms with Gasteiger partial charge < -0.3 is 5.32 Å². The Bertz CT molecular complexity index is 1450. The Balaban J connectivity index is 1.54. The summed E-state index contributed by atoms with van der Waals surface area (Å²) in [6, 6.07) is 21.5. The van der Waals surface area contributed by atoms with E-state index in [-0.39, 0.29) is 11.3 Å². The standard InChI is InChI=1S/C26H26N4O4S2/c1-18-10-6-9-15-23(18)36(33,34)29-25(32)27-21(17-16-19-11-4-3-5-12-19)24(31)30(2)26-28-20-13-7-8-14-22(20)35-26/h3-15,21H,16-17H2,1-2H3,(H2,27,29,32)/t21-/m0/s1. The number of fused-ring (bicyclic) bond motifs is 1. The van der Waals surface area contributed by atoms with Gasteiger partial charge in [-0.1, -0.05) is 72.0 Å². The number of urea groups is 1. The van der Waals surface area contributed by atoms with Gasteiger partial charge in [0.05, 0.1) is 15.1 Å². The van der Waals surface area contributed by atoms with E-state index in [1.165, 1.54) is 22.3 Å². The Morgan fingerprint density at radius 2 is 1.64 bits per heavy atom. The molecule has 0 aliphatic rings. The Morgan fingerprint density at radius 3 is 2.36 bits per heavy atom. The molecule has 1 atom stereocenters. The van der Waals surface area contributed by atoms with Crippen LogP contribution in [0.25, 0.3) is 10.2 Å². The second-order valence-corrected chi connectivity index (χ2v) is 10.9. The van der Waals surface area contributed by atoms with Crippen LogP contribution in [0.4, 0.5) is 9.93 Å². The molecular weight excluding hydrogens is 496 g/mol. The molecule has 0 saturated carbocycles. The molecule has 0 aliphatic heterocycles. The zero-order valence-electron chi connectivity index (χ0n) is 19.8. The fourth-order valence-electron chi connectivity index (χ4n) is 3.77. The number of carbonyl (C=O) groups excluding carboxylic acids is 2. The summed E-state index contributed by atoms with van der Waals surface area (Å²) in [6.45, 7) is 1.64. The maximum atomic E-state index is 13.5. The van der Waals surface area contributed by atoms with Crippen LogP contribution in [0, 0.1) is 6.92 Å². The lowest BCUT2D eigenvalue weighted by atomic mass is 10.0. The van der Waals surface area contributed by atoms with Crippen molar-refractivity contribution in [3.63, 3.8) is 0 Å². The number of sulfonamides is 1. The fraction of sp³-hybridized carbons (Fsp3) is 0.192. The number of likely N-dealkylation sites (N-methyl/N-ethyl adjacent to an activating group) is 1. The van der Waals surface area contributed by atoms with E-state index >= 15 is 0 Å². The number of hydrogen-bond acceptors (Lipinski definition) is 6. The topological polar surface area (TPSA) is 108 Å². The highest BCUT2D eigenvalue weighted by Crippen LogP contribution is 2.28. The van der Waals surface area contributed by atoms with Crippen molar-refractivity contribution in [2.45, 2.75) is 30.7 Å². The maximum Gasteiger partial charge on any atom is 0.329 e. The average Bonchev–Trinajstić information content (AvgIpc) is 3.30. The molecular formula is C26H26N4O4S2. The number of anilines is 1. The van der Waals surface area contributed by atoms with Crippen LogP contribution in [0.15, 0.2) is 83.8 Å². The molecule has 0 fully saturated rings. The van der Waals surface area contributed by atoms with Gasteiger partial charge in [-0.2, -0.15) is 0 Å². The van der Waals surface area contributed by atoms with E-state index in [0.717, 1.165) is 15.8 Å². The lowest BCUT2D eigenvalue weighted by molar-refractivity contribution is -0.120. The SMILES string of the molecule is Cc1ccccc1S(=O)(=O)NC(=O)N[C@@H](CCc1ccccc1)C(=O)N(C)c1nc2ccccc2s1. The second-order valence-electron chi connectivity index (χ2n) is 8.28. The summed E-state index contributed by atoms with van der Waals surface area (Å²) >= 11 is 1.36. The van der Waals surface area contributed by atoms with Crippen molar-refractivity contribution in [2.75, 3.05) is 11.9 Å². The van der Waals surface area contributed by atoms with Crippen LogP contribution in [0.5, 0.6) is 0 Å². The number of rotatable bonds is 8. The molecule has 8 nitrogen and oxygen atoms in total. The highest BCUT2D eigenvalue weighted by molar-refractivity contribution is 7.90. The van der Waals surface area contributed by atoms with Gasteiger partial charge >= 0.3 is 6.03 Å². The molecule has 4 rings (SSSR count). The largest absolute Gasteiger partial charge is 0.329 e. The van der Waals surface area contributed by atoms with Gasteiger partial charge in [0, 0.05) is 7.05 Å². The molecule has 0 radical (unpaired) electrons. The number of amides is 3. The van der Waals surface area contributed by atoms with Gasteiger partial charge in [-0.3, -0.25) is 9.69 Å². The van der Waals surface area contributed by atoms with Crippen molar-refractivity contribution in [3.05, 3.63) is 90.0 Å². The van der Waals surface area contributed by atoms with Crippen molar-refractivity contribution in [3.8, 4) is 0 Å². The number of benzene rings is 3. The van der Waals surface area contributed by atoms with E-state index in [0.29, 0.717) is 17.1 Å². The van der Waals surface area contributed by atoms with E-state index in [2.05, 4.69) is 10.3 Å². The highest BCUT2D eigenvalue weighted by Gasteiger charge is 2.28. The number of nitrogens with one attached hydrogen (secondary N) is 2. The molecule has 0 spiro atoms. The molecule has 10 heteroatoms. The molecule has 0 saturated heterocycles. The minimum Gasteiger partial charge on any atom is -0.325 e. The van der Waals surface area contributed by atoms with E-state index in [4.69, 9.17) is 0 Å². The van der Waals surface area contributed by atoms with Gasteiger partial charge in [-0.25, -0.2) is 22.9 Å². The Morgan fingerprint density at radius 1 is 0.972 bits per heavy atom. The molecule has 0 aliphatic carbocycles. The molecule has 3 amide bonds. The summed E-state index contributed by atoms with van der Waals surface area (Å²) < 4.78 is 28.5. The monoisotopic (exact) mass is 522 g/mol. The number of aryl methyl sites for hydroxylation is 2. The van der Waals surface area contributed by atoms with E-state index in [1.54, 1.807) is 32.2 Å². The van der Waals surface area contributed by atoms with Crippen LogP contribution in [0.1, 0.15) is 17.5 Å². The highest BCUT2D eigenvalue weighted by atomic mass is 32.2. The molecule has 4 aromatic rings. The van der Waals surface area contributed by atoms with Gasteiger partial charge in [0.25, 0.3) is 15.9 Å². The van der Waals surface area contributed by atoms with E-state index in [1.807, 2.05) is 59.3 Å². The van der Waals surface area contributed by atoms with Crippen molar-refractivity contribution in [1.29, 1.82) is 0 Å². The van der Waals surface area contributed by atoms with Gasteiger partial charge in [0.2, 0.25) is 0 Å². The van der Waals surface area contributed by atoms with Gasteiger partial charge in [0.1, 0.15) is 6.04 Å². The number of para-hydroxylation sites is 1. The molecule has 186 valence electrons. The summed E-state index contributed by atoms with van der Waals surface area (Å²) in [4.78, 5) is 32.2. The first-order valence-electron chi connectivity index (χ1n) is 11.3. The van der Waals surface area contributed by atoms with E-state index in [9.17, 15) is 18.0 Å². The lowest BCUT2D eigenvalue weighted by Gasteiger charge is -2.23. The predicted molar refractivity (Wildman–Crippen MR) is 142 cm³/mol. The summed E-state index contributed by atoms with van der Waals surface area (Å²) in [7, 11) is -2.52. The van der Waals surface area contributed by atoms with Crippen molar-refractivity contribution in [2.24, 2.45) is 0 Å². The number of carbonyl (C=O) groups is 2. The molecule has 1 aromatic heterocycles. The number of hydrogen-bond donors (Lipinski definition) is 2. The van der Waals surface area contributed by atoms with Crippen LogP contribution in [0.2, 0.25) is 0 Å². The minimum atomic E-state index is -4.12. The molecule has 1 heterocycles. The zero-order valence-corrected chi connectivity index (χ0v) is 21.5. The number of nitrogens with zero attached hydrogens (tertiary/aromatic N) is 2. The van der Waals surface area contributed by atoms with Crippen molar-refractivity contribution >= 4 is 48.6 Å². The lowest BCUT2D eigenvalue weighted by Crippen LogP contribution is -2.51.